The third kappa shape index (κ3) is 4.67. The predicted molar refractivity (Wildman–Crippen MR) is 102 cm³/mol. The summed E-state index contributed by atoms with van der Waals surface area (Å²) in [5.41, 5.74) is 0.346. The minimum atomic E-state index is -1.13. The molecule has 0 spiro atoms. The van der Waals surface area contributed by atoms with Crippen molar-refractivity contribution in [2.45, 2.75) is 0 Å². The van der Waals surface area contributed by atoms with Gasteiger partial charge in [0.05, 0.1) is 13.4 Å². The van der Waals surface area contributed by atoms with Crippen molar-refractivity contribution in [1.82, 2.24) is 0 Å². The van der Waals surface area contributed by atoms with Crippen LogP contribution in [-0.4, -0.2) is 18.2 Å². The van der Waals surface area contributed by atoms with Crippen molar-refractivity contribution in [3.63, 3.8) is 0 Å². The van der Waals surface area contributed by atoms with Gasteiger partial charge in [0.2, 0.25) is 0 Å². The number of hydrogen-bond acceptors (Lipinski definition) is 4. The molecule has 0 atom stereocenters. The lowest BCUT2D eigenvalue weighted by atomic mass is 10.1. The molecule has 3 aromatic carbocycles. The van der Waals surface area contributed by atoms with Crippen LogP contribution in [0.2, 0.25) is 0 Å². The summed E-state index contributed by atoms with van der Waals surface area (Å²) in [7, 11) is 1.38. The second kappa shape index (κ2) is 8.73. The molecule has 0 aliphatic heterocycles. The molecule has 0 aliphatic carbocycles. The zero-order valence-electron chi connectivity index (χ0n) is 15.0. The van der Waals surface area contributed by atoms with Crippen LogP contribution in [0.5, 0.6) is 23.0 Å². The number of rotatable bonds is 7. The van der Waals surface area contributed by atoms with Crippen LogP contribution >= 0.6 is 0 Å². The number of benzene rings is 3. The largest absolute Gasteiger partial charge is 0.503 e. The topological polar surface area (TPSA) is 65.0 Å². The number of ether oxygens (including phenoxy) is 3. The van der Waals surface area contributed by atoms with Gasteiger partial charge in [-0.15, -0.1) is 0 Å². The summed E-state index contributed by atoms with van der Waals surface area (Å²) in [6.07, 6.45) is 1.15. The monoisotopic (exact) mass is 380 g/mol. The number of para-hydroxylation sites is 1. The first-order chi connectivity index (χ1) is 13.6. The third-order valence-electron chi connectivity index (χ3n) is 3.73. The van der Waals surface area contributed by atoms with Crippen LogP contribution < -0.4 is 9.47 Å². The Labute approximate surface area is 161 Å². The van der Waals surface area contributed by atoms with Gasteiger partial charge in [0, 0.05) is 11.6 Å². The van der Waals surface area contributed by atoms with Crippen molar-refractivity contribution >= 4 is 11.5 Å². The zero-order chi connectivity index (χ0) is 19.9. The molecule has 0 heterocycles. The van der Waals surface area contributed by atoms with Crippen LogP contribution in [0.25, 0.3) is 5.57 Å². The first-order valence-corrected chi connectivity index (χ1v) is 8.34. The molecule has 0 saturated heterocycles. The summed E-state index contributed by atoms with van der Waals surface area (Å²) in [5.74, 6) is 0.301. The van der Waals surface area contributed by atoms with Crippen molar-refractivity contribution in [3.8, 4) is 23.0 Å². The van der Waals surface area contributed by atoms with Gasteiger partial charge in [-0.2, -0.15) is 0 Å². The van der Waals surface area contributed by atoms with Crippen molar-refractivity contribution in [2.24, 2.45) is 0 Å². The fourth-order valence-corrected chi connectivity index (χ4v) is 2.49. The summed E-state index contributed by atoms with van der Waals surface area (Å²) in [6, 6.07) is 19.2. The summed E-state index contributed by atoms with van der Waals surface area (Å²) in [6.45, 7) is 0. The van der Waals surface area contributed by atoms with E-state index in [0.717, 1.165) is 6.26 Å². The van der Waals surface area contributed by atoms with Gasteiger partial charge in [0.25, 0.3) is 0 Å². The maximum atomic E-state index is 13.0. The van der Waals surface area contributed by atoms with Gasteiger partial charge in [-0.05, 0) is 42.5 Å². The smallest absolute Gasteiger partial charge is 0.339 e. The highest BCUT2D eigenvalue weighted by molar-refractivity contribution is 6.15. The molecule has 3 aromatic rings. The Hall–Kier alpha value is -3.80. The third-order valence-corrected chi connectivity index (χ3v) is 3.73. The van der Waals surface area contributed by atoms with Crippen LogP contribution in [0, 0.1) is 5.82 Å². The highest BCUT2D eigenvalue weighted by Gasteiger charge is 2.16. The zero-order valence-corrected chi connectivity index (χ0v) is 15.0. The SMILES string of the molecule is COC=C(C(=O)O)c1ccccc1Oc1cccc(Oc2ccc(F)cc2)c1. The molecule has 0 aliphatic rings. The summed E-state index contributed by atoms with van der Waals surface area (Å²) >= 11 is 0. The highest BCUT2D eigenvalue weighted by atomic mass is 19.1. The Balaban J connectivity index is 1.86. The van der Waals surface area contributed by atoms with Crippen LogP contribution in [0.3, 0.4) is 0 Å². The predicted octanol–water partition coefficient (Wildman–Crippen LogP) is 5.48. The number of carbonyl (C=O) groups is 1. The van der Waals surface area contributed by atoms with E-state index in [1.54, 1.807) is 48.5 Å². The molecular weight excluding hydrogens is 363 g/mol. The molecule has 142 valence electrons. The van der Waals surface area contributed by atoms with E-state index in [-0.39, 0.29) is 11.4 Å². The van der Waals surface area contributed by atoms with E-state index in [1.165, 1.54) is 31.4 Å². The van der Waals surface area contributed by atoms with Gasteiger partial charge in [-0.25, -0.2) is 9.18 Å². The Kier molecular flexibility index (Phi) is 5.91. The summed E-state index contributed by atoms with van der Waals surface area (Å²) in [5, 5.41) is 9.43. The maximum absolute atomic E-state index is 13.0. The van der Waals surface area contributed by atoms with Crippen molar-refractivity contribution < 1.29 is 28.5 Å². The van der Waals surface area contributed by atoms with Gasteiger partial charge < -0.3 is 19.3 Å². The first kappa shape index (κ1) is 19.0. The summed E-state index contributed by atoms with van der Waals surface area (Å²) in [4.78, 5) is 11.5. The Morgan fingerprint density at radius 2 is 1.57 bits per heavy atom. The average Bonchev–Trinajstić information content (AvgIpc) is 2.69. The molecule has 0 saturated carbocycles. The molecule has 6 heteroatoms. The fraction of sp³-hybridized carbons (Fsp3) is 0.0455. The lowest BCUT2D eigenvalue weighted by Gasteiger charge is -2.13. The summed E-state index contributed by atoms with van der Waals surface area (Å²) < 4.78 is 29.5. The minimum absolute atomic E-state index is 0.0307. The van der Waals surface area contributed by atoms with Crippen molar-refractivity contribution in [2.75, 3.05) is 7.11 Å². The van der Waals surface area contributed by atoms with Crippen LogP contribution in [-0.2, 0) is 9.53 Å². The van der Waals surface area contributed by atoms with Crippen molar-refractivity contribution in [3.05, 3.63) is 90.4 Å². The van der Waals surface area contributed by atoms with E-state index < -0.39 is 5.97 Å². The normalized spacial score (nSPS) is 11.0. The molecule has 5 nitrogen and oxygen atoms in total. The molecule has 0 amide bonds. The van der Waals surface area contributed by atoms with Gasteiger partial charge in [-0.3, -0.25) is 0 Å². The number of aliphatic carboxylic acids is 1. The fourth-order valence-electron chi connectivity index (χ4n) is 2.49. The second-order valence-electron chi connectivity index (χ2n) is 5.70. The van der Waals surface area contributed by atoms with E-state index in [9.17, 15) is 14.3 Å². The standard InChI is InChI=1S/C22H17FO5/c1-26-14-20(22(24)25)19-7-2-3-8-21(19)28-18-6-4-5-17(13-18)27-16-11-9-15(23)10-12-16/h2-14H,1H3,(H,24,25). The lowest BCUT2D eigenvalue weighted by Crippen LogP contribution is -2.02. The molecule has 28 heavy (non-hydrogen) atoms. The van der Waals surface area contributed by atoms with Gasteiger partial charge >= 0.3 is 5.97 Å². The Morgan fingerprint density at radius 1 is 0.893 bits per heavy atom. The van der Waals surface area contributed by atoms with Crippen LogP contribution in [0.15, 0.2) is 79.1 Å². The lowest BCUT2D eigenvalue weighted by molar-refractivity contribution is -0.130. The molecule has 0 bridgehead atoms. The van der Waals surface area contributed by atoms with E-state index >= 15 is 0 Å². The number of carboxylic acid groups (broad SMARTS) is 1. The molecule has 1 N–H and O–H groups in total. The van der Waals surface area contributed by atoms with Gasteiger partial charge in [0.15, 0.2) is 0 Å². The van der Waals surface area contributed by atoms with E-state index in [1.807, 2.05) is 0 Å². The van der Waals surface area contributed by atoms with E-state index in [0.29, 0.717) is 28.6 Å². The quantitative estimate of drug-likeness (QED) is 0.434. The molecule has 0 aromatic heterocycles. The molecule has 0 unspecified atom stereocenters. The maximum Gasteiger partial charge on any atom is 0.339 e. The van der Waals surface area contributed by atoms with E-state index in [4.69, 9.17) is 14.2 Å². The minimum Gasteiger partial charge on any atom is -0.503 e. The number of methoxy groups -OCH3 is 1. The molecule has 0 radical (unpaired) electrons. The number of halogens is 1. The average molecular weight is 380 g/mol. The Morgan fingerprint density at radius 3 is 2.25 bits per heavy atom. The number of hydrogen-bond donors (Lipinski definition) is 1. The van der Waals surface area contributed by atoms with E-state index in [2.05, 4.69) is 0 Å². The van der Waals surface area contributed by atoms with Crippen molar-refractivity contribution in [1.29, 1.82) is 0 Å². The second-order valence-corrected chi connectivity index (χ2v) is 5.70. The first-order valence-electron chi connectivity index (χ1n) is 8.34. The highest BCUT2D eigenvalue weighted by Crippen LogP contribution is 2.33. The van der Waals surface area contributed by atoms with Gasteiger partial charge in [-0.1, -0.05) is 24.3 Å². The molecular formula is C22H17FO5. The number of carboxylic acids is 1. The van der Waals surface area contributed by atoms with Gasteiger partial charge in [0.1, 0.15) is 34.4 Å². The van der Waals surface area contributed by atoms with Crippen LogP contribution in [0.4, 0.5) is 4.39 Å². The van der Waals surface area contributed by atoms with Crippen LogP contribution in [0.1, 0.15) is 5.56 Å². The Bertz CT molecular complexity index is 996. The molecule has 3 rings (SSSR count). The molecule has 0 fully saturated rings.